The molecule has 1 aromatic heterocycles. The van der Waals surface area contributed by atoms with Crippen molar-refractivity contribution in [3.05, 3.63) is 89.0 Å². The van der Waals surface area contributed by atoms with Crippen molar-refractivity contribution in [1.29, 1.82) is 0 Å². The number of urea groups is 1. The van der Waals surface area contributed by atoms with E-state index in [1.807, 2.05) is 6.07 Å². The lowest BCUT2D eigenvalue weighted by Gasteiger charge is -2.45. The Morgan fingerprint density at radius 3 is 2.27 bits per heavy atom. The minimum atomic E-state index is -1.09. The van der Waals surface area contributed by atoms with E-state index in [0.29, 0.717) is 22.0 Å². The predicted octanol–water partition coefficient (Wildman–Crippen LogP) is 4.17. The third kappa shape index (κ3) is 4.05. The third-order valence-corrected chi connectivity index (χ3v) is 5.66. The fourth-order valence-corrected chi connectivity index (χ4v) is 3.72. The maximum atomic E-state index is 15.0. The van der Waals surface area contributed by atoms with Crippen molar-refractivity contribution in [2.75, 3.05) is 11.9 Å². The first-order valence-corrected chi connectivity index (χ1v) is 10.2. The molecular weight excluding hydrogens is 426 g/mol. The van der Waals surface area contributed by atoms with Gasteiger partial charge in [-0.3, -0.25) is 4.79 Å². The number of aryl methyl sites for hydroxylation is 1. The number of aromatic nitrogens is 2. The zero-order valence-corrected chi connectivity index (χ0v) is 18.3. The van der Waals surface area contributed by atoms with Gasteiger partial charge in [-0.1, -0.05) is 30.0 Å². The lowest BCUT2D eigenvalue weighted by Crippen LogP contribution is -2.60. The number of imide groups is 1. The molecule has 0 radical (unpaired) electrons. The van der Waals surface area contributed by atoms with E-state index in [9.17, 15) is 18.4 Å². The number of hydrogen-bond acceptors (Lipinski definition) is 4. The molecule has 0 spiro atoms. The minimum absolute atomic E-state index is 0.0872. The number of carbonyl (C=O) groups excluding carboxylic acids is 2. The smallest absolute Gasteiger partial charge is 0.315 e. The Hall–Kier alpha value is -4.12. The van der Waals surface area contributed by atoms with Crippen LogP contribution in [0.3, 0.4) is 0 Å². The van der Waals surface area contributed by atoms with Crippen molar-refractivity contribution < 1.29 is 18.4 Å². The number of hydrogen-bond donors (Lipinski definition) is 0. The highest BCUT2D eigenvalue weighted by atomic mass is 19.1. The van der Waals surface area contributed by atoms with Gasteiger partial charge in [-0.05, 0) is 44.2 Å². The molecule has 4 rings (SSSR count). The Balaban J connectivity index is 1.68. The van der Waals surface area contributed by atoms with Gasteiger partial charge in [-0.2, -0.15) is 0 Å². The van der Waals surface area contributed by atoms with E-state index in [1.165, 1.54) is 18.1 Å². The molecule has 1 aliphatic rings. The van der Waals surface area contributed by atoms with Gasteiger partial charge in [-0.15, -0.1) is 0 Å². The summed E-state index contributed by atoms with van der Waals surface area (Å²) in [5.41, 5.74) is -0.574. The van der Waals surface area contributed by atoms with E-state index < -0.39 is 34.8 Å². The maximum Gasteiger partial charge on any atom is 0.332 e. The van der Waals surface area contributed by atoms with E-state index in [4.69, 9.17) is 0 Å². The molecule has 3 amide bonds. The Morgan fingerprint density at radius 1 is 1.00 bits per heavy atom. The first-order chi connectivity index (χ1) is 15.7. The molecule has 2 heterocycles. The molecule has 33 heavy (non-hydrogen) atoms. The number of carbonyl (C=O) groups is 2. The zero-order chi connectivity index (χ0) is 23.8. The van der Waals surface area contributed by atoms with E-state index in [2.05, 4.69) is 21.8 Å². The van der Waals surface area contributed by atoms with Crippen LogP contribution in [0, 0.1) is 30.4 Å². The summed E-state index contributed by atoms with van der Waals surface area (Å²) in [5, 5.41) is 0. The maximum absolute atomic E-state index is 15.0. The molecule has 1 saturated heterocycles. The van der Waals surface area contributed by atoms with Gasteiger partial charge in [0.05, 0.1) is 17.7 Å². The molecule has 166 valence electrons. The Bertz CT molecular complexity index is 1290. The van der Waals surface area contributed by atoms with Gasteiger partial charge in [0, 0.05) is 24.4 Å². The predicted molar refractivity (Wildman–Crippen MR) is 118 cm³/mol. The van der Waals surface area contributed by atoms with Gasteiger partial charge in [0.25, 0.3) is 0 Å². The average molecular weight is 446 g/mol. The molecule has 0 aliphatic carbocycles. The van der Waals surface area contributed by atoms with Crippen LogP contribution >= 0.6 is 0 Å². The van der Waals surface area contributed by atoms with E-state index in [0.717, 1.165) is 12.1 Å². The zero-order valence-electron chi connectivity index (χ0n) is 18.3. The molecule has 6 nitrogen and oxygen atoms in total. The standard InChI is InChI=1S/C25H20F2N4O2/c1-16-28-12-11-21(29-16)25(2)15-22(32)31(24(33)30(25)3)23-19(26)13-18(14-20(23)27)10-9-17-7-5-4-6-8-17/h4-8,11-14H,15H2,1-3H3/t25-/m0/s1. The molecular formula is C25H20F2N4O2. The highest BCUT2D eigenvalue weighted by Gasteiger charge is 2.48. The lowest BCUT2D eigenvalue weighted by atomic mass is 9.88. The second kappa shape index (κ2) is 8.43. The number of rotatable bonds is 2. The molecule has 1 atom stereocenters. The summed E-state index contributed by atoms with van der Waals surface area (Å²) in [4.78, 5) is 36.3. The normalized spacial score (nSPS) is 18.2. The fourth-order valence-electron chi connectivity index (χ4n) is 3.72. The molecule has 0 unspecified atom stereocenters. The lowest BCUT2D eigenvalue weighted by molar-refractivity contribution is -0.122. The van der Waals surface area contributed by atoms with Crippen LogP contribution in [-0.4, -0.2) is 33.9 Å². The topological polar surface area (TPSA) is 66.4 Å². The summed E-state index contributed by atoms with van der Waals surface area (Å²) >= 11 is 0. The monoisotopic (exact) mass is 446 g/mol. The van der Waals surface area contributed by atoms with E-state index in [1.54, 1.807) is 44.2 Å². The SMILES string of the molecule is Cc1nccc([C@]2(C)CC(=O)N(c3c(F)cc(C#Cc4ccccc4)cc3F)C(=O)N2C)n1. The molecule has 0 N–H and O–H groups in total. The first kappa shape index (κ1) is 22.1. The minimum Gasteiger partial charge on any atom is -0.315 e. The van der Waals surface area contributed by atoms with Gasteiger partial charge >= 0.3 is 6.03 Å². The summed E-state index contributed by atoms with van der Waals surface area (Å²) in [6.45, 7) is 3.37. The quantitative estimate of drug-likeness (QED) is 0.555. The summed E-state index contributed by atoms with van der Waals surface area (Å²) in [6, 6.07) is 11.7. The molecule has 2 aromatic carbocycles. The highest BCUT2D eigenvalue weighted by Crippen LogP contribution is 2.38. The second-order valence-corrected chi connectivity index (χ2v) is 7.91. The number of nitrogens with zero attached hydrogens (tertiary/aromatic N) is 4. The van der Waals surface area contributed by atoms with Crippen molar-refractivity contribution in [2.45, 2.75) is 25.8 Å². The largest absolute Gasteiger partial charge is 0.332 e. The van der Waals surface area contributed by atoms with Gasteiger partial charge in [-0.25, -0.2) is 28.4 Å². The highest BCUT2D eigenvalue weighted by molar-refractivity contribution is 6.16. The number of benzene rings is 2. The molecule has 8 heteroatoms. The van der Waals surface area contributed by atoms with Crippen molar-refractivity contribution >= 4 is 17.6 Å². The van der Waals surface area contributed by atoms with Crippen molar-refractivity contribution in [3.63, 3.8) is 0 Å². The Labute approximate surface area is 189 Å². The van der Waals surface area contributed by atoms with Gasteiger partial charge < -0.3 is 4.90 Å². The Morgan fingerprint density at radius 2 is 1.64 bits per heavy atom. The van der Waals surface area contributed by atoms with Crippen LogP contribution in [0.2, 0.25) is 0 Å². The molecule has 3 aromatic rings. The second-order valence-electron chi connectivity index (χ2n) is 7.91. The third-order valence-electron chi connectivity index (χ3n) is 5.66. The van der Waals surface area contributed by atoms with E-state index in [-0.39, 0.29) is 12.0 Å². The van der Waals surface area contributed by atoms with Crippen LogP contribution in [0.25, 0.3) is 0 Å². The van der Waals surface area contributed by atoms with Gasteiger partial charge in [0.15, 0.2) is 11.6 Å². The van der Waals surface area contributed by atoms with Crippen LogP contribution in [-0.2, 0) is 10.3 Å². The Kier molecular flexibility index (Phi) is 5.64. The molecule has 1 fully saturated rings. The van der Waals surface area contributed by atoms with Crippen LogP contribution in [0.4, 0.5) is 19.3 Å². The molecule has 1 aliphatic heterocycles. The average Bonchev–Trinajstić information content (AvgIpc) is 2.78. The van der Waals surface area contributed by atoms with Crippen LogP contribution < -0.4 is 4.90 Å². The van der Waals surface area contributed by atoms with Crippen LogP contribution in [0.15, 0.2) is 54.7 Å². The fraction of sp³-hybridized carbons (Fsp3) is 0.200. The van der Waals surface area contributed by atoms with Crippen molar-refractivity contribution in [1.82, 2.24) is 14.9 Å². The first-order valence-electron chi connectivity index (χ1n) is 10.2. The number of halogens is 2. The summed E-state index contributed by atoms with van der Waals surface area (Å²) in [7, 11) is 1.47. The van der Waals surface area contributed by atoms with Gasteiger partial charge in [0.2, 0.25) is 5.91 Å². The van der Waals surface area contributed by atoms with Crippen molar-refractivity contribution in [3.8, 4) is 11.8 Å². The number of amides is 3. The van der Waals surface area contributed by atoms with Gasteiger partial charge in [0.1, 0.15) is 11.5 Å². The molecule has 0 saturated carbocycles. The van der Waals surface area contributed by atoms with Crippen LogP contribution in [0.1, 0.15) is 36.0 Å². The summed E-state index contributed by atoms with van der Waals surface area (Å²) < 4.78 is 29.9. The summed E-state index contributed by atoms with van der Waals surface area (Å²) in [6.07, 6.45) is 1.33. The van der Waals surface area contributed by atoms with Crippen LogP contribution in [0.5, 0.6) is 0 Å². The van der Waals surface area contributed by atoms with E-state index >= 15 is 0 Å². The number of anilines is 1. The van der Waals surface area contributed by atoms with Crippen molar-refractivity contribution in [2.24, 2.45) is 0 Å². The molecule has 0 bridgehead atoms. The summed E-state index contributed by atoms with van der Waals surface area (Å²) in [5.74, 6) is 3.16.